The number of carboxylic acid groups (broad SMARTS) is 1. The Morgan fingerprint density at radius 3 is 2.92 bits per heavy atom. The summed E-state index contributed by atoms with van der Waals surface area (Å²) in [7, 11) is 1.39. The van der Waals surface area contributed by atoms with E-state index in [4.69, 9.17) is 9.84 Å². The zero-order chi connectivity index (χ0) is 9.14. The van der Waals surface area contributed by atoms with Gasteiger partial charge in [-0.25, -0.2) is 9.78 Å². The first-order valence-electron chi connectivity index (χ1n) is 3.08. The number of pyridine rings is 1. The number of methoxy groups -OCH3 is 1. The molecular weight excluding hydrogens is 273 g/mol. The van der Waals surface area contributed by atoms with Gasteiger partial charge < -0.3 is 9.84 Å². The molecule has 1 heterocycles. The lowest BCUT2D eigenvalue weighted by Gasteiger charge is -2.02. The standard InChI is InChI=1S/C7H6INO3/c1-12-6-5(7(10)11)2-4(8)3-9-6/h2-3H,1H3,(H,10,11). The van der Waals surface area contributed by atoms with Gasteiger partial charge in [0.05, 0.1) is 7.11 Å². The van der Waals surface area contributed by atoms with E-state index in [-0.39, 0.29) is 11.4 Å². The summed E-state index contributed by atoms with van der Waals surface area (Å²) >= 11 is 1.99. The molecule has 0 saturated carbocycles. The van der Waals surface area contributed by atoms with E-state index in [0.717, 1.165) is 3.57 Å². The van der Waals surface area contributed by atoms with Gasteiger partial charge in [-0.1, -0.05) is 0 Å². The highest BCUT2D eigenvalue weighted by Crippen LogP contribution is 2.16. The number of aromatic nitrogens is 1. The summed E-state index contributed by atoms with van der Waals surface area (Å²) in [4.78, 5) is 14.4. The lowest BCUT2D eigenvalue weighted by atomic mass is 10.3. The van der Waals surface area contributed by atoms with Crippen LogP contribution in [-0.4, -0.2) is 23.2 Å². The van der Waals surface area contributed by atoms with Gasteiger partial charge >= 0.3 is 5.97 Å². The Hall–Kier alpha value is -0.850. The van der Waals surface area contributed by atoms with Crippen molar-refractivity contribution in [3.8, 4) is 5.88 Å². The van der Waals surface area contributed by atoms with Crippen LogP contribution in [0.2, 0.25) is 0 Å². The van der Waals surface area contributed by atoms with E-state index in [1.807, 2.05) is 22.6 Å². The monoisotopic (exact) mass is 279 g/mol. The van der Waals surface area contributed by atoms with E-state index in [9.17, 15) is 4.79 Å². The van der Waals surface area contributed by atoms with Gasteiger partial charge in [-0.3, -0.25) is 0 Å². The lowest BCUT2D eigenvalue weighted by molar-refractivity contribution is 0.0692. The highest BCUT2D eigenvalue weighted by molar-refractivity contribution is 14.1. The molecule has 0 bridgehead atoms. The van der Waals surface area contributed by atoms with Crippen molar-refractivity contribution in [3.05, 3.63) is 21.4 Å². The first-order chi connectivity index (χ1) is 5.65. The predicted octanol–water partition coefficient (Wildman–Crippen LogP) is 1.39. The van der Waals surface area contributed by atoms with Crippen LogP contribution in [0.1, 0.15) is 10.4 Å². The third-order valence-electron chi connectivity index (χ3n) is 1.24. The number of rotatable bonds is 2. The minimum absolute atomic E-state index is 0.0874. The molecule has 1 aromatic rings. The highest BCUT2D eigenvalue weighted by atomic mass is 127. The Bertz CT molecular complexity index is 314. The first kappa shape index (κ1) is 9.24. The molecule has 1 N–H and O–H groups in total. The Labute approximate surface area is 82.7 Å². The maximum atomic E-state index is 10.6. The van der Waals surface area contributed by atoms with E-state index in [1.165, 1.54) is 13.2 Å². The molecule has 0 aliphatic carbocycles. The second-order valence-electron chi connectivity index (χ2n) is 2.02. The van der Waals surface area contributed by atoms with Crippen molar-refractivity contribution in [1.29, 1.82) is 0 Å². The van der Waals surface area contributed by atoms with Crippen LogP contribution in [0.15, 0.2) is 12.3 Å². The van der Waals surface area contributed by atoms with Gasteiger partial charge in [-0.05, 0) is 28.7 Å². The fourth-order valence-corrected chi connectivity index (χ4v) is 1.19. The average Bonchev–Trinajstić information content (AvgIpc) is 2.04. The van der Waals surface area contributed by atoms with E-state index >= 15 is 0 Å². The molecule has 0 spiro atoms. The zero-order valence-corrected chi connectivity index (χ0v) is 8.40. The van der Waals surface area contributed by atoms with Gasteiger partial charge in [-0.2, -0.15) is 0 Å². The van der Waals surface area contributed by atoms with Crippen LogP contribution in [-0.2, 0) is 0 Å². The topological polar surface area (TPSA) is 59.4 Å². The molecule has 0 fully saturated rings. The summed E-state index contributed by atoms with van der Waals surface area (Å²) in [5.74, 6) is -0.888. The Balaban J connectivity index is 3.21. The molecule has 0 aliphatic heterocycles. The number of nitrogens with zero attached hydrogens (tertiary/aromatic N) is 1. The van der Waals surface area contributed by atoms with Crippen LogP contribution in [0.3, 0.4) is 0 Å². The lowest BCUT2D eigenvalue weighted by Crippen LogP contribution is -2.02. The van der Waals surface area contributed by atoms with E-state index in [0.29, 0.717) is 0 Å². The molecule has 0 radical (unpaired) electrons. The molecule has 5 heteroatoms. The van der Waals surface area contributed by atoms with Gasteiger partial charge in [0.15, 0.2) is 0 Å². The minimum Gasteiger partial charge on any atom is -0.480 e. The Morgan fingerprint density at radius 1 is 1.75 bits per heavy atom. The number of hydrogen-bond acceptors (Lipinski definition) is 3. The molecule has 0 aromatic carbocycles. The molecule has 64 valence electrons. The van der Waals surface area contributed by atoms with Gasteiger partial charge in [0.1, 0.15) is 5.56 Å². The van der Waals surface area contributed by atoms with Crippen molar-refractivity contribution in [2.24, 2.45) is 0 Å². The molecule has 1 aromatic heterocycles. The van der Waals surface area contributed by atoms with Crippen LogP contribution >= 0.6 is 22.6 Å². The molecule has 1 rings (SSSR count). The van der Waals surface area contributed by atoms with Crippen LogP contribution in [0, 0.1) is 3.57 Å². The molecule has 0 amide bonds. The van der Waals surface area contributed by atoms with Crippen molar-refractivity contribution < 1.29 is 14.6 Å². The van der Waals surface area contributed by atoms with Crippen molar-refractivity contribution in [2.75, 3.05) is 7.11 Å². The fraction of sp³-hybridized carbons (Fsp3) is 0.143. The summed E-state index contributed by atoms with van der Waals surface area (Å²) in [6.45, 7) is 0. The fourth-order valence-electron chi connectivity index (χ4n) is 0.743. The van der Waals surface area contributed by atoms with Crippen LogP contribution in [0.25, 0.3) is 0 Å². The SMILES string of the molecule is COc1ncc(I)cc1C(=O)O. The molecular formula is C7H6INO3. The van der Waals surface area contributed by atoms with Crippen molar-refractivity contribution in [1.82, 2.24) is 4.98 Å². The second kappa shape index (κ2) is 3.70. The van der Waals surface area contributed by atoms with E-state index in [2.05, 4.69) is 4.98 Å². The molecule has 4 nitrogen and oxygen atoms in total. The number of carboxylic acids is 1. The number of halogens is 1. The van der Waals surface area contributed by atoms with Gasteiger partial charge in [0.2, 0.25) is 5.88 Å². The predicted molar refractivity (Wildman–Crippen MR) is 50.5 cm³/mol. The average molecular weight is 279 g/mol. The van der Waals surface area contributed by atoms with Crippen LogP contribution < -0.4 is 4.74 Å². The maximum absolute atomic E-state index is 10.6. The van der Waals surface area contributed by atoms with Crippen molar-refractivity contribution in [3.63, 3.8) is 0 Å². The van der Waals surface area contributed by atoms with Crippen LogP contribution in [0.4, 0.5) is 0 Å². The third-order valence-corrected chi connectivity index (χ3v) is 1.83. The van der Waals surface area contributed by atoms with E-state index < -0.39 is 5.97 Å². The summed E-state index contributed by atoms with van der Waals surface area (Å²) in [5.41, 5.74) is 0.0874. The summed E-state index contributed by atoms with van der Waals surface area (Å²) in [5, 5.41) is 8.70. The quantitative estimate of drug-likeness (QED) is 0.831. The summed E-state index contributed by atoms with van der Waals surface area (Å²) < 4.78 is 5.54. The number of hydrogen-bond donors (Lipinski definition) is 1. The molecule has 0 unspecified atom stereocenters. The van der Waals surface area contributed by atoms with Crippen LogP contribution in [0.5, 0.6) is 5.88 Å². The number of aromatic carboxylic acids is 1. The zero-order valence-electron chi connectivity index (χ0n) is 6.24. The summed E-state index contributed by atoms with van der Waals surface area (Å²) in [6, 6.07) is 1.51. The van der Waals surface area contributed by atoms with Gasteiger partial charge in [-0.15, -0.1) is 0 Å². The van der Waals surface area contributed by atoms with Crippen molar-refractivity contribution in [2.45, 2.75) is 0 Å². The summed E-state index contributed by atoms with van der Waals surface area (Å²) in [6.07, 6.45) is 1.55. The van der Waals surface area contributed by atoms with Gasteiger partial charge in [0.25, 0.3) is 0 Å². The smallest absolute Gasteiger partial charge is 0.341 e. The number of carbonyl (C=O) groups is 1. The van der Waals surface area contributed by atoms with E-state index in [1.54, 1.807) is 6.20 Å². The first-order valence-corrected chi connectivity index (χ1v) is 4.16. The molecule has 0 saturated heterocycles. The third kappa shape index (κ3) is 1.84. The second-order valence-corrected chi connectivity index (χ2v) is 3.26. The molecule has 0 aliphatic rings. The molecule has 12 heavy (non-hydrogen) atoms. The highest BCUT2D eigenvalue weighted by Gasteiger charge is 2.11. The maximum Gasteiger partial charge on any atom is 0.341 e. The minimum atomic E-state index is -1.03. The molecule has 0 atom stereocenters. The number of ether oxygens (including phenoxy) is 1. The largest absolute Gasteiger partial charge is 0.480 e. The van der Waals surface area contributed by atoms with Gasteiger partial charge in [0, 0.05) is 9.77 Å². The Kier molecular flexibility index (Phi) is 2.85. The Morgan fingerprint density at radius 2 is 2.42 bits per heavy atom. The normalized spacial score (nSPS) is 9.50. The van der Waals surface area contributed by atoms with Crippen molar-refractivity contribution >= 4 is 28.6 Å².